The SMILES string of the molecule is CC1=Cc2c(F)c(Oc3nc(Nc4ncc(C#N)s4)cc(N4CCN(C)CC4)n3)cc(F)c2C1. The lowest BCUT2D eigenvalue weighted by atomic mass is 10.1. The summed E-state index contributed by atoms with van der Waals surface area (Å²) in [5.41, 5.74) is 1.41. The zero-order valence-corrected chi connectivity index (χ0v) is 19.4. The number of rotatable bonds is 5. The number of hydrogen-bond acceptors (Lipinski definition) is 9. The molecule has 1 saturated heterocycles. The Kier molecular flexibility index (Phi) is 5.85. The zero-order valence-electron chi connectivity index (χ0n) is 18.6. The molecule has 3 heterocycles. The lowest BCUT2D eigenvalue weighted by Crippen LogP contribution is -2.44. The monoisotopic (exact) mass is 481 g/mol. The molecule has 0 unspecified atom stereocenters. The first-order chi connectivity index (χ1) is 16.4. The molecule has 3 aromatic rings. The first-order valence-electron chi connectivity index (χ1n) is 10.7. The van der Waals surface area contributed by atoms with Crippen LogP contribution in [0.5, 0.6) is 11.8 Å². The highest BCUT2D eigenvalue weighted by molar-refractivity contribution is 7.16. The van der Waals surface area contributed by atoms with Crippen molar-refractivity contribution in [2.45, 2.75) is 13.3 Å². The van der Waals surface area contributed by atoms with Gasteiger partial charge in [-0.05, 0) is 20.4 Å². The van der Waals surface area contributed by atoms with Crippen molar-refractivity contribution >= 4 is 34.2 Å². The Hall–Kier alpha value is -3.62. The number of ether oxygens (including phenoxy) is 1. The van der Waals surface area contributed by atoms with Gasteiger partial charge in [-0.1, -0.05) is 23.0 Å². The van der Waals surface area contributed by atoms with E-state index in [0.29, 0.717) is 33.6 Å². The second kappa shape index (κ2) is 8.96. The summed E-state index contributed by atoms with van der Waals surface area (Å²) in [4.78, 5) is 17.7. The number of benzene rings is 1. The first kappa shape index (κ1) is 22.2. The van der Waals surface area contributed by atoms with E-state index in [2.05, 4.69) is 37.1 Å². The van der Waals surface area contributed by atoms with E-state index in [-0.39, 0.29) is 17.3 Å². The number of allylic oxidation sites excluding steroid dienone is 1. The third-order valence-corrected chi connectivity index (χ3v) is 6.56. The Morgan fingerprint density at radius 2 is 1.97 bits per heavy atom. The number of likely N-dealkylation sites (N-methyl/N-ethyl adjacent to an activating group) is 1. The van der Waals surface area contributed by atoms with Crippen LogP contribution in [-0.4, -0.2) is 53.1 Å². The number of nitrogens with one attached hydrogen (secondary N) is 1. The van der Waals surface area contributed by atoms with E-state index >= 15 is 4.39 Å². The lowest BCUT2D eigenvalue weighted by Gasteiger charge is -2.33. The second-order valence-corrected chi connectivity index (χ2v) is 9.31. The summed E-state index contributed by atoms with van der Waals surface area (Å²) in [5, 5.41) is 12.6. The average Bonchev–Trinajstić information content (AvgIpc) is 3.44. The molecule has 0 amide bonds. The quantitative estimate of drug-likeness (QED) is 0.576. The Morgan fingerprint density at radius 3 is 2.71 bits per heavy atom. The van der Waals surface area contributed by atoms with E-state index in [0.717, 1.165) is 37.8 Å². The Morgan fingerprint density at radius 1 is 1.18 bits per heavy atom. The zero-order chi connectivity index (χ0) is 23.8. The van der Waals surface area contributed by atoms with E-state index in [1.165, 1.54) is 17.5 Å². The van der Waals surface area contributed by atoms with Crippen molar-refractivity contribution in [3.63, 3.8) is 0 Å². The summed E-state index contributed by atoms with van der Waals surface area (Å²) < 4.78 is 35.5. The van der Waals surface area contributed by atoms with Crippen LogP contribution in [0.1, 0.15) is 22.9 Å². The summed E-state index contributed by atoms with van der Waals surface area (Å²) in [6.45, 7) is 5.03. The first-order valence-corrected chi connectivity index (χ1v) is 11.5. The lowest BCUT2D eigenvalue weighted by molar-refractivity contribution is 0.311. The van der Waals surface area contributed by atoms with E-state index in [1.54, 1.807) is 12.1 Å². The second-order valence-electron chi connectivity index (χ2n) is 8.28. The number of thiazole rings is 1. The van der Waals surface area contributed by atoms with Gasteiger partial charge in [0, 0.05) is 49.4 Å². The summed E-state index contributed by atoms with van der Waals surface area (Å²) in [5.74, 6) is -0.481. The summed E-state index contributed by atoms with van der Waals surface area (Å²) in [6, 6.07) is 4.71. The summed E-state index contributed by atoms with van der Waals surface area (Å²) in [6.07, 6.45) is 3.47. The fourth-order valence-corrected chi connectivity index (χ4v) is 4.57. The minimum atomic E-state index is -0.644. The molecule has 1 aromatic carbocycles. The number of nitrogens with zero attached hydrogens (tertiary/aromatic N) is 6. The van der Waals surface area contributed by atoms with E-state index in [9.17, 15) is 4.39 Å². The molecule has 34 heavy (non-hydrogen) atoms. The average molecular weight is 482 g/mol. The van der Waals surface area contributed by atoms with Crippen LogP contribution in [0.25, 0.3) is 6.08 Å². The molecule has 2 aliphatic rings. The maximum atomic E-state index is 15.1. The highest BCUT2D eigenvalue weighted by atomic mass is 32.1. The van der Waals surface area contributed by atoms with Crippen molar-refractivity contribution in [1.82, 2.24) is 19.9 Å². The molecule has 0 spiro atoms. The molecule has 1 N–H and O–H groups in total. The molecule has 11 heteroatoms. The molecule has 0 bridgehead atoms. The number of anilines is 3. The normalized spacial score (nSPS) is 15.6. The van der Waals surface area contributed by atoms with Gasteiger partial charge in [-0.2, -0.15) is 15.2 Å². The predicted octanol–water partition coefficient (Wildman–Crippen LogP) is 4.33. The highest BCUT2D eigenvalue weighted by Crippen LogP contribution is 2.36. The van der Waals surface area contributed by atoms with E-state index < -0.39 is 11.6 Å². The van der Waals surface area contributed by atoms with Gasteiger partial charge >= 0.3 is 6.01 Å². The van der Waals surface area contributed by atoms with Gasteiger partial charge in [0.05, 0.1) is 6.20 Å². The molecule has 5 rings (SSSR count). The molecule has 1 fully saturated rings. The number of piperazine rings is 1. The van der Waals surface area contributed by atoms with Crippen molar-refractivity contribution in [3.05, 3.63) is 51.5 Å². The fraction of sp³-hybridized carbons (Fsp3) is 0.304. The van der Waals surface area contributed by atoms with Crippen LogP contribution >= 0.6 is 11.3 Å². The maximum Gasteiger partial charge on any atom is 0.326 e. The highest BCUT2D eigenvalue weighted by Gasteiger charge is 2.24. The van der Waals surface area contributed by atoms with Crippen molar-refractivity contribution in [3.8, 4) is 17.8 Å². The Bertz CT molecular complexity index is 1330. The van der Waals surface area contributed by atoms with Gasteiger partial charge in [-0.15, -0.1) is 0 Å². The van der Waals surface area contributed by atoms with Crippen LogP contribution in [0, 0.1) is 23.0 Å². The van der Waals surface area contributed by atoms with Gasteiger partial charge in [0.2, 0.25) is 0 Å². The Labute approximate surface area is 199 Å². The molecule has 0 atom stereocenters. The van der Waals surface area contributed by atoms with Gasteiger partial charge in [0.1, 0.15) is 28.4 Å². The smallest absolute Gasteiger partial charge is 0.326 e. The van der Waals surface area contributed by atoms with Crippen LogP contribution in [0.2, 0.25) is 0 Å². The van der Waals surface area contributed by atoms with Gasteiger partial charge in [-0.25, -0.2) is 13.8 Å². The molecule has 2 aromatic heterocycles. The van der Waals surface area contributed by atoms with Crippen molar-refractivity contribution in [2.75, 3.05) is 43.4 Å². The largest absolute Gasteiger partial charge is 0.421 e. The fourth-order valence-electron chi connectivity index (χ4n) is 3.95. The van der Waals surface area contributed by atoms with Crippen molar-refractivity contribution in [2.24, 2.45) is 0 Å². The van der Waals surface area contributed by atoms with Gasteiger partial charge in [-0.3, -0.25) is 0 Å². The maximum absolute atomic E-state index is 15.1. The molecule has 0 radical (unpaired) electrons. The van der Waals surface area contributed by atoms with E-state index in [1.807, 2.05) is 13.0 Å². The molecule has 1 aliphatic heterocycles. The van der Waals surface area contributed by atoms with Gasteiger partial charge in [0.25, 0.3) is 0 Å². The number of halogens is 2. The molecular weight excluding hydrogens is 460 g/mol. The molecule has 0 saturated carbocycles. The van der Waals surface area contributed by atoms with Crippen molar-refractivity contribution < 1.29 is 13.5 Å². The number of hydrogen-bond donors (Lipinski definition) is 1. The predicted molar refractivity (Wildman–Crippen MR) is 126 cm³/mol. The standard InChI is InChI=1S/C23H21F2N7OS/c1-13-7-15-16(8-13)21(25)18(9-17(15)24)33-22-28-19(29-23-27-12-14(11-26)34-23)10-20(30-22)32-5-3-31(2)4-6-32/h8-10,12H,3-7H2,1-2H3,(H,27,28,29,30). The summed E-state index contributed by atoms with van der Waals surface area (Å²) in [7, 11) is 2.05. The number of nitriles is 1. The number of aromatic nitrogens is 3. The van der Waals surface area contributed by atoms with Gasteiger partial charge in [0.15, 0.2) is 16.7 Å². The minimum Gasteiger partial charge on any atom is -0.421 e. The van der Waals surface area contributed by atoms with Crippen molar-refractivity contribution in [1.29, 1.82) is 5.26 Å². The summed E-state index contributed by atoms with van der Waals surface area (Å²) >= 11 is 1.18. The third-order valence-electron chi connectivity index (χ3n) is 5.74. The molecular formula is C23H21F2N7OS. The molecule has 1 aliphatic carbocycles. The van der Waals surface area contributed by atoms with Crippen LogP contribution < -0.4 is 15.0 Å². The van der Waals surface area contributed by atoms with Crippen LogP contribution in [0.3, 0.4) is 0 Å². The topological polar surface area (TPSA) is 90.2 Å². The van der Waals surface area contributed by atoms with Gasteiger partial charge < -0.3 is 19.9 Å². The van der Waals surface area contributed by atoms with Crippen LogP contribution in [-0.2, 0) is 6.42 Å². The minimum absolute atomic E-state index is 0.118. The van der Waals surface area contributed by atoms with Crippen LogP contribution in [0.4, 0.5) is 25.5 Å². The molecule has 8 nitrogen and oxygen atoms in total. The van der Waals surface area contributed by atoms with Crippen LogP contribution in [0.15, 0.2) is 23.9 Å². The van der Waals surface area contributed by atoms with E-state index in [4.69, 9.17) is 10.00 Å². The number of fused-ring (bicyclic) bond motifs is 1. The third kappa shape index (κ3) is 4.42. The Balaban J connectivity index is 1.50. The molecule has 174 valence electrons.